The fraction of sp³-hybridized carbons (Fsp3) is 0.636. The standard InChI is InChI=1S/C11H16O4/c1-7(2)9(12)15-8-5-11(3,4)6-14-10(8)13/h8H,1,5-6H2,2-4H3. The van der Waals surface area contributed by atoms with E-state index in [1.165, 1.54) is 0 Å². The normalized spacial score (nSPS) is 24.2. The van der Waals surface area contributed by atoms with E-state index in [1.807, 2.05) is 13.8 Å². The van der Waals surface area contributed by atoms with Crippen molar-refractivity contribution >= 4 is 11.9 Å². The number of hydrogen-bond donors (Lipinski definition) is 0. The van der Waals surface area contributed by atoms with Crippen molar-refractivity contribution in [1.29, 1.82) is 0 Å². The number of hydrogen-bond acceptors (Lipinski definition) is 4. The van der Waals surface area contributed by atoms with Crippen LogP contribution in [0.3, 0.4) is 0 Å². The molecule has 0 amide bonds. The molecule has 1 fully saturated rings. The molecule has 1 rings (SSSR count). The van der Waals surface area contributed by atoms with Crippen LogP contribution in [0.1, 0.15) is 27.2 Å². The molecule has 0 N–H and O–H groups in total. The zero-order valence-corrected chi connectivity index (χ0v) is 9.33. The molecular weight excluding hydrogens is 196 g/mol. The maximum absolute atomic E-state index is 11.3. The molecule has 1 aliphatic heterocycles. The second kappa shape index (κ2) is 4.04. The fourth-order valence-corrected chi connectivity index (χ4v) is 1.32. The summed E-state index contributed by atoms with van der Waals surface area (Å²) in [6.07, 6.45) is -0.303. The summed E-state index contributed by atoms with van der Waals surface area (Å²) in [4.78, 5) is 22.5. The van der Waals surface area contributed by atoms with Gasteiger partial charge in [-0.25, -0.2) is 9.59 Å². The van der Waals surface area contributed by atoms with Crippen LogP contribution in [0.15, 0.2) is 12.2 Å². The molecule has 1 unspecified atom stereocenters. The van der Waals surface area contributed by atoms with Gasteiger partial charge in [0.25, 0.3) is 0 Å². The Hall–Kier alpha value is -1.32. The molecule has 4 heteroatoms. The number of cyclic esters (lactones) is 1. The average molecular weight is 212 g/mol. The molecule has 4 nitrogen and oxygen atoms in total. The Bertz CT molecular complexity index is 304. The lowest BCUT2D eigenvalue weighted by atomic mass is 9.86. The van der Waals surface area contributed by atoms with Gasteiger partial charge in [-0.1, -0.05) is 20.4 Å². The molecule has 1 saturated heterocycles. The van der Waals surface area contributed by atoms with Crippen LogP contribution in [0.4, 0.5) is 0 Å². The quantitative estimate of drug-likeness (QED) is 0.513. The van der Waals surface area contributed by atoms with Crippen molar-refractivity contribution in [2.24, 2.45) is 5.41 Å². The summed E-state index contributed by atoms with van der Waals surface area (Å²) in [7, 11) is 0. The lowest BCUT2D eigenvalue weighted by Gasteiger charge is -2.33. The third-order valence-electron chi connectivity index (χ3n) is 2.20. The summed E-state index contributed by atoms with van der Waals surface area (Å²) in [6, 6.07) is 0. The Morgan fingerprint density at radius 1 is 1.60 bits per heavy atom. The molecule has 1 atom stereocenters. The third kappa shape index (κ3) is 3.08. The lowest BCUT2D eigenvalue weighted by molar-refractivity contribution is -0.178. The summed E-state index contributed by atoms with van der Waals surface area (Å²) in [6.45, 7) is 9.29. The first-order chi connectivity index (χ1) is 6.82. The molecule has 0 aliphatic carbocycles. The van der Waals surface area contributed by atoms with E-state index in [4.69, 9.17) is 9.47 Å². The van der Waals surface area contributed by atoms with Gasteiger partial charge in [-0.05, 0) is 6.92 Å². The van der Waals surface area contributed by atoms with Crippen LogP contribution in [0.25, 0.3) is 0 Å². The smallest absolute Gasteiger partial charge is 0.347 e. The van der Waals surface area contributed by atoms with Crippen LogP contribution in [0.2, 0.25) is 0 Å². The first-order valence-electron chi connectivity index (χ1n) is 4.85. The predicted octanol–water partition coefficient (Wildman–Crippen LogP) is 1.45. The largest absolute Gasteiger partial charge is 0.462 e. The molecule has 0 saturated carbocycles. The predicted molar refractivity (Wildman–Crippen MR) is 54.1 cm³/mol. The Balaban J connectivity index is 2.63. The van der Waals surface area contributed by atoms with E-state index in [1.54, 1.807) is 6.92 Å². The molecule has 0 aromatic carbocycles. The summed E-state index contributed by atoms with van der Waals surface area (Å²) in [5.74, 6) is -1.02. The van der Waals surface area contributed by atoms with Crippen molar-refractivity contribution in [2.75, 3.05) is 6.61 Å². The molecule has 0 aromatic heterocycles. The minimum absolute atomic E-state index is 0.145. The molecule has 0 bridgehead atoms. The molecule has 0 aromatic rings. The highest BCUT2D eigenvalue weighted by Crippen LogP contribution is 2.29. The molecule has 84 valence electrons. The Kier molecular flexibility index (Phi) is 3.17. The van der Waals surface area contributed by atoms with Gasteiger partial charge < -0.3 is 9.47 Å². The highest BCUT2D eigenvalue weighted by molar-refractivity contribution is 5.89. The van der Waals surface area contributed by atoms with Crippen molar-refractivity contribution in [2.45, 2.75) is 33.3 Å². The minimum atomic E-state index is -0.794. The summed E-state index contributed by atoms with van der Waals surface area (Å²) >= 11 is 0. The van der Waals surface area contributed by atoms with Crippen LogP contribution in [-0.4, -0.2) is 24.6 Å². The van der Waals surface area contributed by atoms with Gasteiger partial charge >= 0.3 is 11.9 Å². The number of ether oxygens (including phenoxy) is 2. The maximum Gasteiger partial charge on any atom is 0.347 e. The highest BCUT2D eigenvalue weighted by atomic mass is 16.6. The van der Waals surface area contributed by atoms with Crippen LogP contribution < -0.4 is 0 Å². The summed E-state index contributed by atoms with van der Waals surface area (Å²) < 4.78 is 9.93. The highest BCUT2D eigenvalue weighted by Gasteiger charge is 2.37. The third-order valence-corrected chi connectivity index (χ3v) is 2.20. The second-order valence-electron chi connectivity index (χ2n) is 4.65. The SMILES string of the molecule is C=C(C)C(=O)OC1CC(C)(C)COC1=O. The molecule has 1 heterocycles. The van der Waals surface area contributed by atoms with Gasteiger partial charge in [0.1, 0.15) is 0 Å². The van der Waals surface area contributed by atoms with Crippen molar-refractivity contribution in [3.05, 3.63) is 12.2 Å². The van der Waals surface area contributed by atoms with Crippen molar-refractivity contribution < 1.29 is 19.1 Å². The zero-order chi connectivity index (χ0) is 11.6. The average Bonchev–Trinajstić information content (AvgIpc) is 2.11. The van der Waals surface area contributed by atoms with E-state index >= 15 is 0 Å². The number of rotatable bonds is 2. The van der Waals surface area contributed by atoms with Crippen LogP contribution >= 0.6 is 0 Å². The topological polar surface area (TPSA) is 52.6 Å². The minimum Gasteiger partial charge on any atom is -0.462 e. The van der Waals surface area contributed by atoms with Crippen molar-refractivity contribution in [3.63, 3.8) is 0 Å². The Morgan fingerprint density at radius 3 is 2.73 bits per heavy atom. The van der Waals surface area contributed by atoms with E-state index < -0.39 is 18.0 Å². The molecule has 15 heavy (non-hydrogen) atoms. The van der Waals surface area contributed by atoms with Crippen LogP contribution in [0.5, 0.6) is 0 Å². The van der Waals surface area contributed by atoms with Gasteiger partial charge in [0, 0.05) is 17.4 Å². The first kappa shape index (κ1) is 11.8. The second-order valence-corrected chi connectivity index (χ2v) is 4.65. The number of carbonyl (C=O) groups excluding carboxylic acids is 2. The molecule has 1 aliphatic rings. The zero-order valence-electron chi connectivity index (χ0n) is 9.33. The van der Waals surface area contributed by atoms with Gasteiger partial charge in [0.2, 0.25) is 0 Å². The Labute approximate surface area is 89.2 Å². The van der Waals surface area contributed by atoms with Gasteiger partial charge in [0.05, 0.1) is 6.61 Å². The van der Waals surface area contributed by atoms with Gasteiger partial charge in [-0.2, -0.15) is 0 Å². The van der Waals surface area contributed by atoms with Crippen molar-refractivity contribution in [1.82, 2.24) is 0 Å². The first-order valence-corrected chi connectivity index (χ1v) is 4.85. The lowest BCUT2D eigenvalue weighted by Crippen LogP contribution is -2.41. The van der Waals surface area contributed by atoms with Gasteiger partial charge in [0.15, 0.2) is 6.10 Å². The van der Waals surface area contributed by atoms with Gasteiger partial charge in [-0.15, -0.1) is 0 Å². The fourth-order valence-electron chi connectivity index (χ4n) is 1.32. The van der Waals surface area contributed by atoms with Crippen LogP contribution in [-0.2, 0) is 19.1 Å². The summed E-state index contributed by atoms with van der Waals surface area (Å²) in [5.41, 5.74) is 0.139. The van der Waals surface area contributed by atoms with E-state index in [0.29, 0.717) is 13.0 Å². The van der Waals surface area contributed by atoms with E-state index in [9.17, 15) is 9.59 Å². The van der Waals surface area contributed by atoms with E-state index in [0.717, 1.165) is 0 Å². The van der Waals surface area contributed by atoms with Crippen LogP contribution in [0, 0.1) is 5.41 Å². The Morgan fingerprint density at radius 2 is 2.20 bits per heavy atom. The van der Waals surface area contributed by atoms with E-state index in [-0.39, 0.29) is 11.0 Å². The maximum atomic E-state index is 11.3. The van der Waals surface area contributed by atoms with Crippen molar-refractivity contribution in [3.8, 4) is 0 Å². The van der Waals surface area contributed by atoms with E-state index in [2.05, 4.69) is 6.58 Å². The number of carbonyl (C=O) groups is 2. The monoisotopic (exact) mass is 212 g/mol. The molecule has 0 radical (unpaired) electrons. The van der Waals surface area contributed by atoms with Gasteiger partial charge in [-0.3, -0.25) is 0 Å². The molecular formula is C11H16O4. The number of esters is 2. The molecule has 0 spiro atoms. The summed E-state index contributed by atoms with van der Waals surface area (Å²) in [5, 5.41) is 0.